The standard InChI is InChI=1S/C37H50N4O3S.C26H31ClN2OS.C11H20N2O2/c1-22-14-23(2)16-24(15-22)32-29(12-13-39-18-25-20-40(21-26(25)19-39)35(43)44-36(3,4)5)30-17-31(45-33(30)38-32)37(6,7)34(42)41-27-8-9-28(41)11-10-27;1-15-11-16(2)13-17(12-15)23-20(9-10-27)21-14-22(31-24(21)28-23)26(3,4)25(30)29-18-5-6-19(29)8-7-18;1-11(2,3)15-10(14)13-6-8-4-12-5-9(8)7-13/h14-17,25-28,38H,8-13,18-21H2,1-7H3;11-14,18-19,28H,5-10H2,1-4H3;8-9,12H,4-7H2,1-3H3. The minimum Gasteiger partial charge on any atom is -0.444 e. The quantitative estimate of drug-likeness (QED) is 0.109. The third-order valence-corrected chi connectivity index (χ3v) is 24.1. The molecule has 3 N–H and O–H groups in total. The highest BCUT2D eigenvalue weighted by molar-refractivity contribution is 7.19. The highest BCUT2D eigenvalue weighted by Gasteiger charge is 2.50. The highest BCUT2D eigenvalue weighted by Crippen LogP contribution is 2.48. The smallest absolute Gasteiger partial charge is 0.410 e. The van der Waals surface area contributed by atoms with Gasteiger partial charge in [-0.25, -0.2) is 9.59 Å². The zero-order chi connectivity index (χ0) is 64.8. The summed E-state index contributed by atoms with van der Waals surface area (Å²) in [6.07, 6.45) is 10.8. The first-order valence-corrected chi connectivity index (χ1v) is 36.3. The third kappa shape index (κ3) is 13.5. The van der Waals surface area contributed by atoms with E-state index in [0.29, 0.717) is 65.5 Å². The first-order valence-electron chi connectivity index (χ1n) is 34.1. The van der Waals surface area contributed by atoms with Gasteiger partial charge in [0.2, 0.25) is 11.8 Å². The predicted octanol–water partition coefficient (Wildman–Crippen LogP) is 15.1. The number of H-pyrrole nitrogens is 2. The van der Waals surface area contributed by atoms with Crippen LogP contribution in [0.25, 0.3) is 42.9 Å². The number of rotatable bonds is 11. The van der Waals surface area contributed by atoms with E-state index in [9.17, 15) is 19.2 Å². The van der Waals surface area contributed by atoms with Crippen LogP contribution in [0.1, 0.15) is 164 Å². The van der Waals surface area contributed by atoms with Gasteiger partial charge in [-0.3, -0.25) is 9.59 Å². The molecule has 8 saturated heterocycles. The summed E-state index contributed by atoms with van der Waals surface area (Å²) in [5.41, 5.74) is 10.6. The normalized spacial score (nSPS) is 24.6. The number of fused-ring (bicyclic) bond motifs is 8. The van der Waals surface area contributed by atoms with Gasteiger partial charge < -0.3 is 49.3 Å². The van der Waals surface area contributed by atoms with Gasteiger partial charge in [0.05, 0.1) is 22.2 Å². The molecular formula is C74H101ClN8O6S2. The molecule has 0 saturated carbocycles. The number of aromatic nitrogens is 2. The lowest BCUT2D eigenvalue weighted by atomic mass is 9.88. The van der Waals surface area contributed by atoms with E-state index in [1.54, 1.807) is 22.7 Å². The van der Waals surface area contributed by atoms with Crippen molar-refractivity contribution < 1.29 is 28.7 Å². The van der Waals surface area contributed by atoms with E-state index in [-0.39, 0.29) is 17.8 Å². The summed E-state index contributed by atoms with van der Waals surface area (Å²) < 4.78 is 11.0. The molecule has 0 spiro atoms. The fraction of sp³-hybridized carbons (Fsp3) is 0.622. The van der Waals surface area contributed by atoms with Crippen LogP contribution in [0.4, 0.5) is 9.59 Å². The molecule has 2 aromatic carbocycles. The number of carbonyl (C=O) groups is 4. The summed E-state index contributed by atoms with van der Waals surface area (Å²) in [5, 5.41) is 5.84. The second kappa shape index (κ2) is 25.4. The summed E-state index contributed by atoms with van der Waals surface area (Å²) in [6, 6.07) is 19.9. The van der Waals surface area contributed by atoms with Gasteiger partial charge >= 0.3 is 12.2 Å². The number of aryl methyl sites for hydroxylation is 5. The van der Waals surface area contributed by atoms with Gasteiger partial charge in [-0.05, 0) is 243 Å². The first-order chi connectivity index (χ1) is 43.0. The van der Waals surface area contributed by atoms with Crippen LogP contribution in [0, 0.1) is 51.4 Å². The van der Waals surface area contributed by atoms with Crippen LogP contribution in [-0.4, -0.2) is 159 Å². The number of thiophene rings is 2. The fourth-order valence-corrected chi connectivity index (χ4v) is 19.3. The lowest BCUT2D eigenvalue weighted by Crippen LogP contribution is -2.45. The van der Waals surface area contributed by atoms with E-state index in [2.05, 4.69) is 134 Å². The molecule has 492 valence electrons. The number of benzene rings is 2. The molecule has 4 aromatic heterocycles. The zero-order valence-electron chi connectivity index (χ0n) is 56.8. The van der Waals surface area contributed by atoms with Crippen LogP contribution < -0.4 is 5.32 Å². The Labute approximate surface area is 553 Å². The Morgan fingerprint density at radius 2 is 0.846 bits per heavy atom. The van der Waals surface area contributed by atoms with E-state index >= 15 is 0 Å². The number of alkyl halides is 1. The van der Waals surface area contributed by atoms with Crippen molar-refractivity contribution in [3.63, 3.8) is 0 Å². The Bertz CT molecular complexity index is 3600. The monoisotopic (exact) mass is 1300 g/mol. The molecule has 4 bridgehead atoms. The Hall–Kier alpha value is -5.39. The van der Waals surface area contributed by atoms with Gasteiger partial charge in [0.15, 0.2) is 0 Å². The van der Waals surface area contributed by atoms with Crippen molar-refractivity contribution in [1.82, 2.24) is 39.8 Å². The molecule has 8 fully saturated rings. The number of ether oxygens (including phenoxy) is 2. The van der Waals surface area contributed by atoms with E-state index in [1.807, 2.05) is 51.3 Å². The lowest BCUT2D eigenvalue weighted by molar-refractivity contribution is -0.138. The SMILES string of the molecule is CC(C)(C)OC(=O)N1CC2CNCC2C1.Cc1cc(C)cc(-c2[nH]c3sc(C(C)(C)C(=O)N4C5CCC4CC5)cc3c2CCCl)c1.Cc1cc(C)cc(-c2[nH]c3sc(C(C)(C)C(=O)N4C5CCC4CC5)cc3c2CCN2CC3CN(C(=O)OC(C)(C)C)CC3C2)c1. The van der Waals surface area contributed by atoms with Gasteiger partial charge in [-0.2, -0.15) is 0 Å². The summed E-state index contributed by atoms with van der Waals surface area (Å²) in [5.74, 6) is 3.46. The first kappa shape index (κ1) is 65.7. The molecule has 8 aliphatic rings. The maximum atomic E-state index is 14.0. The number of carbonyl (C=O) groups excluding carboxylic acids is 4. The summed E-state index contributed by atoms with van der Waals surface area (Å²) >= 11 is 9.71. The van der Waals surface area contributed by atoms with Gasteiger partial charge in [0.25, 0.3) is 0 Å². The van der Waals surface area contributed by atoms with Crippen molar-refractivity contribution in [2.75, 3.05) is 64.8 Å². The Kier molecular flexibility index (Phi) is 18.3. The van der Waals surface area contributed by atoms with Gasteiger partial charge in [0.1, 0.15) is 20.9 Å². The van der Waals surface area contributed by atoms with Crippen molar-refractivity contribution >= 4 is 78.7 Å². The largest absolute Gasteiger partial charge is 0.444 e. The molecule has 17 heteroatoms. The van der Waals surface area contributed by atoms with Crippen molar-refractivity contribution in [1.29, 1.82) is 0 Å². The number of nitrogens with zero attached hydrogens (tertiary/aromatic N) is 5. The maximum absolute atomic E-state index is 14.0. The molecule has 4 unspecified atom stereocenters. The third-order valence-electron chi connectivity index (χ3n) is 21.2. The molecule has 6 aromatic rings. The van der Waals surface area contributed by atoms with Crippen molar-refractivity contribution in [2.45, 2.75) is 207 Å². The van der Waals surface area contributed by atoms with Crippen LogP contribution in [0.15, 0.2) is 48.5 Å². The summed E-state index contributed by atoms with van der Waals surface area (Å²) in [7, 11) is 0. The maximum Gasteiger partial charge on any atom is 0.410 e. The van der Waals surface area contributed by atoms with Gasteiger partial charge in [-0.15, -0.1) is 34.3 Å². The van der Waals surface area contributed by atoms with Crippen molar-refractivity contribution in [3.8, 4) is 22.5 Å². The minimum atomic E-state index is -0.542. The zero-order valence-corrected chi connectivity index (χ0v) is 59.1. The number of halogens is 1. The minimum absolute atomic E-state index is 0.156. The van der Waals surface area contributed by atoms with Crippen LogP contribution in [0.2, 0.25) is 0 Å². The molecule has 91 heavy (non-hydrogen) atoms. The molecule has 14 nitrogen and oxygen atoms in total. The number of nitrogens with one attached hydrogen (secondary N) is 3. The van der Waals surface area contributed by atoms with E-state index in [0.717, 1.165) is 86.3 Å². The van der Waals surface area contributed by atoms with Crippen LogP contribution in [0.3, 0.4) is 0 Å². The average molecular weight is 1300 g/mol. The Balaban J connectivity index is 0.000000149. The molecule has 0 aliphatic carbocycles. The van der Waals surface area contributed by atoms with Crippen LogP contribution in [0.5, 0.6) is 0 Å². The molecule has 4 amide bonds. The van der Waals surface area contributed by atoms with E-state index < -0.39 is 16.4 Å². The van der Waals surface area contributed by atoms with Gasteiger partial charge in [0, 0.05) is 109 Å². The second-order valence-corrected chi connectivity index (χ2v) is 33.9. The van der Waals surface area contributed by atoms with E-state index in [1.165, 1.54) is 123 Å². The van der Waals surface area contributed by atoms with Gasteiger partial charge in [-0.1, -0.05) is 34.4 Å². The van der Waals surface area contributed by atoms with E-state index in [4.69, 9.17) is 21.1 Å². The average Bonchev–Trinajstić information content (AvgIpc) is 1.62. The molecule has 4 atom stereocenters. The highest BCUT2D eigenvalue weighted by atomic mass is 35.5. The number of likely N-dealkylation sites (tertiary alicyclic amines) is 3. The van der Waals surface area contributed by atoms with Crippen molar-refractivity contribution in [3.05, 3.63) is 91.7 Å². The number of hydrogen-bond acceptors (Lipinski definition) is 10. The number of aromatic amines is 2. The second-order valence-electron chi connectivity index (χ2n) is 31.4. The topological polar surface area (TPSA) is 147 Å². The number of hydrogen-bond donors (Lipinski definition) is 3. The lowest BCUT2D eigenvalue weighted by Gasteiger charge is -2.31. The van der Waals surface area contributed by atoms with Crippen LogP contribution in [-0.2, 0) is 42.7 Å². The Morgan fingerprint density at radius 1 is 0.495 bits per heavy atom. The molecule has 12 heterocycles. The summed E-state index contributed by atoms with van der Waals surface area (Å²) in [6.45, 7) is 37.0. The molecular weight excluding hydrogens is 1200 g/mol. The summed E-state index contributed by atoms with van der Waals surface area (Å²) in [4.78, 5) is 75.0. The Morgan fingerprint density at radius 3 is 1.20 bits per heavy atom. The number of amides is 4. The molecule has 14 rings (SSSR count). The fourth-order valence-electron chi connectivity index (χ4n) is 16.7. The van der Waals surface area contributed by atoms with Crippen LogP contribution >= 0.6 is 34.3 Å². The molecule has 8 aliphatic heterocycles. The van der Waals surface area contributed by atoms with Crippen molar-refractivity contribution in [2.24, 2.45) is 23.7 Å². The molecule has 0 radical (unpaired) electrons. The predicted molar refractivity (Wildman–Crippen MR) is 371 cm³/mol.